The summed E-state index contributed by atoms with van der Waals surface area (Å²) in [6, 6.07) is 7.80. The number of aryl methyl sites for hydroxylation is 1. The third-order valence-electron chi connectivity index (χ3n) is 4.10. The Balaban J connectivity index is 2.08. The molecule has 0 aliphatic rings. The molecule has 2 nitrogen and oxygen atoms in total. The van der Waals surface area contributed by atoms with E-state index in [2.05, 4.69) is 19.6 Å². The second kappa shape index (κ2) is 12.9. The van der Waals surface area contributed by atoms with Gasteiger partial charge in [-0.25, -0.2) is 4.79 Å². The van der Waals surface area contributed by atoms with E-state index in [9.17, 15) is 4.79 Å². The topological polar surface area (TPSA) is 26.3 Å². The van der Waals surface area contributed by atoms with E-state index < -0.39 is 5.97 Å². The summed E-state index contributed by atoms with van der Waals surface area (Å²) >= 11 is 0. The van der Waals surface area contributed by atoms with Gasteiger partial charge < -0.3 is 4.74 Å². The highest BCUT2D eigenvalue weighted by Crippen LogP contribution is 2.17. The first-order valence-electron chi connectivity index (χ1n) is 9.19. The summed E-state index contributed by atoms with van der Waals surface area (Å²) in [5.41, 5.74) is 1.24. The van der Waals surface area contributed by atoms with Crippen molar-refractivity contribution in [2.24, 2.45) is 0 Å². The molecular formula is C21H32O2. The summed E-state index contributed by atoms with van der Waals surface area (Å²) in [5.74, 6) is 0.209. The lowest BCUT2D eigenvalue weighted by atomic mass is 10.0. The number of benzene rings is 1. The maximum atomic E-state index is 11.2. The molecular weight excluding hydrogens is 284 g/mol. The Morgan fingerprint density at radius 2 is 1.61 bits per heavy atom. The maximum absolute atomic E-state index is 11.2. The van der Waals surface area contributed by atoms with Crippen LogP contribution >= 0.6 is 0 Å². The Hall–Kier alpha value is -1.57. The van der Waals surface area contributed by atoms with Crippen LogP contribution in [0.25, 0.3) is 0 Å². The van der Waals surface area contributed by atoms with Crippen molar-refractivity contribution in [2.75, 3.05) is 0 Å². The van der Waals surface area contributed by atoms with E-state index in [1.165, 1.54) is 75.8 Å². The van der Waals surface area contributed by atoms with Crippen molar-refractivity contribution in [3.63, 3.8) is 0 Å². The second-order valence-corrected chi connectivity index (χ2v) is 6.20. The van der Waals surface area contributed by atoms with E-state index >= 15 is 0 Å². The molecule has 0 N–H and O–H groups in total. The largest absolute Gasteiger partial charge is 0.423 e. The number of esters is 1. The molecule has 0 heterocycles. The normalized spacial score (nSPS) is 10.5. The molecule has 0 fully saturated rings. The summed E-state index contributed by atoms with van der Waals surface area (Å²) in [6.45, 7) is 5.67. The van der Waals surface area contributed by atoms with Crippen LogP contribution in [0.1, 0.15) is 76.7 Å². The zero-order valence-electron chi connectivity index (χ0n) is 14.7. The highest BCUT2D eigenvalue weighted by molar-refractivity contribution is 5.83. The predicted molar refractivity (Wildman–Crippen MR) is 97.8 cm³/mol. The van der Waals surface area contributed by atoms with Crippen LogP contribution in [0.4, 0.5) is 0 Å². The molecule has 0 bridgehead atoms. The minimum absolute atomic E-state index is 0.402. The van der Waals surface area contributed by atoms with Crippen molar-refractivity contribution < 1.29 is 9.53 Å². The van der Waals surface area contributed by atoms with Gasteiger partial charge in [0.15, 0.2) is 0 Å². The van der Waals surface area contributed by atoms with E-state index in [0.29, 0.717) is 5.75 Å². The summed E-state index contributed by atoms with van der Waals surface area (Å²) < 4.78 is 5.15. The molecule has 128 valence electrons. The highest BCUT2D eigenvalue weighted by Gasteiger charge is 2.01. The lowest BCUT2D eigenvalue weighted by Gasteiger charge is -2.05. The quantitative estimate of drug-likeness (QED) is 0.186. The standard InChI is InChI=1S/C21H32O2/c1-3-5-6-7-8-9-10-11-12-13-15-19-16-14-17-20(18-19)23-21(22)4-2/h4,14,16-18H,2-3,5-13,15H2,1H3. The molecule has 1 aromatic rings. The van der Waals surface area contributed by atoms with E-state index in [1.807, 2.05) is 18.2 Å². The first-order chi connectivity index (χ1) is 11.3. The van der Waals surface area contributed by atoms with Gasteiger partial charge in [0.25, 0.3) is 0 Å². The Bertz CT molecular complexity index is 451. The molecule has 0 saturated heterocycles. The lowest BCUT2D eigenvalue weighted by Crippen LogP contribution is -2.03. The minimum Gasteiger partial charge on any atom is -0.423 e. The van der Waals surface area contributed by atoms with Crippen molar-refractivity contribution in [2.45, 2.75) is 77.6 Å². The Morgan fingerprint density at radius 1 is 1.00 bits per heavy atom. The minimum atomic E-state index is -0.402. The van der Waals surface area contributed by atoms with Gasteiger partial charge in [-0.1, -0.05) is 83.4 Å². The Morgan fingerprint density at radius 3 is 2.22 bits per heavy atom. The Labute approximate surface area is 141 Å². The molecule has 0 amide bonds. The van der Waals surface area contributed by atoms with Gasteiger partial charge >= 0.3 is 5.97 Å². The fourth-order valence-electron chi connectivity index (χ4n) is 2.74. The third-order valence-corrected chi connectivity index (χ3v) is 4.10. The van der Waals surface area contributed by atoms with Crippen LogP contribution in [-0.2, 0) is 11.2 Å². The van der Waals surface area contributed by atoms with Gasteiger partial charge in [-0.05, 0) is 30.5 Å². The van der Waals surface area contributed by atoms with Gasteiger partial charge in [0.1, 0.15) is 5.75 Å². The number of carbonyl (C=O) groups is 1. The number of carbonyl (C=O) groups excluding carboxylic acids is 1. The first kappa shape index (κ1) is 19.5. The molecule has 0 spiro atoms. The third kappa shape index (κ3) is 9.93. The van der Waals surface area contributed by atoms with Crippen molar-refractivity contribution in [3.05, 3.63) is 42.5 Å². The molecule has 0 radical (unpaired) electrons. The number of ether oxygens (including phenoxy) is 1. The summed E-state index contributed by atoms with van der Waals surface area (Å²) in [7, 11) is 0. The number of hydrogen-bond acceptors (Lipinski definition) is 2. The smallest absolute Gasteiger partial charge is 0.335 e. The molecule has 0 aliphatic carbocycles. The zero-order valence-corrected chi connectivity index (χ0v) is 14.7. The van der Waals surface area contributed by atoms with Gasteiger partial charge in [0, 0.05) is 6.08 Å². The zero-order chi connectivity index (χ0) is 16.8. The van der Waals surface area contributed by atoms with E-state index in [0.717, 1.165) is 6.42 Å². The van der Waals surface area contributed by atoms with Crippen molar-refractivity contribution in [1.29, 1.82) is 0 Å². The molecule has 0 unspecified atom stereocenters. The van der Waals surface area contributed by atoms with Crippen LogP contribution in [-0.4, -0.2) is 5.97 Å². The molecule has 1 aromatic carbocycles. The molecule has 1 rings (SSSR count). The first-order valence-corrected chi connectivity index (χ1v) is 9.19. The summed E-state index contributed by atoms with van der Waals surface area (Å²) in [6.07, 6.45) is 15.7. The lowest BCUT2D eigenvalue weighted by molar-refractivity contribution is -0.128. The Kier molecular flexibility index (Phi) is 10.9. The average molecular weight is 316 g/mol. The van der Waals surface area contributed by atoms with Gasteiger partial charge in [-0.3, -0.25) is 0 Å². The fraction of sp³-hybridized carbons (Fsp3) is 0.571. The van der Waals surface area contributed by atoms with Gasteiger partial charge in [-0.2, -0.15) is 0 Å². The summed E-state index contributed by atoms with van der Waals surface area (Å²) in [5, 5.41) is 0. The maximum Gasteiger partial charge on any atom is 0.335 e. The SMILES string of the molecule is C=CC(=O)Oc1cccc(CCCCCCCCCCCC)c1. The molecule has 0 atom stereocenters. The summed E-state index contributed by atoms with van der Waals surface area (Å²) in [4.78, 5) is 11.2. The molecule has 23 heavy (non-hydrogen) atoms. The number of hydrogen-bond donors (Lipinski definition) is 0. The van der Waals surface area contributed by atoms with Crippen LogP contribution in [0.2, 0.25) is 0 Å². The van der Waals surface area contributed by atoms with Crippen molar-refractivity contribution in [1.82, 2.24) is 0 Å². The monoisotopic (exact) mass is 316 g/mol. The van der Waals surface area contributed by atoms with E-state index in [-0.39, 0.29) is 0 Å². The molecule has 0 aliphatic heterocycles. The van der Waals surface area contributed by atoms with E-state index in [4.69, 9.17) is 4.74 Å². The van der Waals surface area contributed by atoms with Crippen molar-refractivity contribution in [3.8, 4) is 5.75 Å². The fourth-order valence-corrected chi connectivity index (χ4v) is 2.74. The number of unbranched alkanes of at least 4 members (excludes halogenated alkanes) is 9. The van der Waals surface area contributed by atoms with Crippen molar-refractivity contribution >= 4 is 5.97 Å². The molecule has 0 saturated carbocycles. The molecule has 0 aromatic heterocycles. The highest BCUT2D eigenvalue weighted by atomic mass is 16.5. The van der Waals surface area contributed by atoms with E-state index in [1.54, 1.807) is 0 Å². The number of rotatable bonds is 13. The average Bonchev–Trinajstić information content (AvgIpc) is 2.57. The molecule has 2 heteroatoms. The van der Waals surface area contributed by atoms with Crippen LogP contribution in [0, 0.1) is 0 Å². The van der Waals surface area contributed by atoms with Gasteiger partial charge in [-0.15, -0.1) is 0 Å². The second-order valence-electron chi connectivity index (χ2n) is 6.20. The van der Waals surface area contributed by atoms with Crippen LogP contribution in [0.5, 0.6) is 5.75 Å². The predicted octanol–water partition coefficient (Wildman–Crippen LogP) is 6.24. The van der Waals surface area contributed by atoms with Gasteiger partial charge in [0.05, 0.1) is 0 Å². The van der Waals surface area contributed by atoms with Crippen LogP contribution in [0.3, 0.4) is 0 Å². The van der Waals surface area contributed by atoms with Crippen LogP contribution < -0.4 is 4.74 Å². The van der Waals surface area contributed by atoms with Crippen LogP contribution in [0.15, 0.2) is 36.9 Å². The van der Waals surface area contributed by atoms with Gasteiger partial charge in [0.2, 0.25) is 0 Å².